The maximum Gasteiger partial charge on any atom is 0.241 e. The third kappa shape index (κ3) is 4.11. The average molecular weight is 342 g/mol. The Kier molecular flexibility index (Phi) is 4.86. The van der Waals surface area contributed by atoms with Crippen molar-refractivity contribution < 1.29 is 13.2 Å². The number of nitrogens with one attached hydrogen (secondary N) is 1. The summed E-state index contributed by atoms with van der Waals surface area (Å²) < 4.78 is 24.9. The van der Waals surface area contributed by atoms with E-state index in [0.717, 1.165) is 24.1 Å². The van der Waals surface area contributed by atoms with E-state index in [1.807, 2.05) is 6.07 Å². The van der Waals surface area contributed by atoms with Gasteiger partial charge in [-0.25, -0.2) is 8.42 Å². The number of likely N-dealkylation sites (N-methyl/N-ethyl adjacent to an activating group) is 1. The monoisotopic (exact) mass is 342 g/mol. The number of sulfonamides is 1. The molecule has 1 aliphatic rings. The van der Waals surface area contributed by atoms with Gasteiger partial charge in [-0.05, 0) is 18.9 Å². The van der Waals surface area contributed by atoms with Gasteiger partial charge in [0.05, 0.1) is 24.2 Å². The third-order valence-electron chi connectivity index (χ3n) is 4.10. The number of aromatic amines is 1. The maximum absolute atomic E-state index is 12.6. The molecule has 0 spiro atoms. The van der Waals surface area contributed by atoms with E-state index < -0.39 is 16.1 Å². The molecule has 0 unspecified atom stereocenters. The van der Waals surface area contributed by atoms with Crippen molar-refractivity contribution in [3.63, 3.8) is 0 Å². The van der Waals surface area contributed by atoms with E-state index >= 15 is 0 Å². The van der Waals surface area contributed by atoms with Crippen LogP contribution in [0.5, 0.6) is 0 Å². The molecule has 7 nitrogen and oxygen atoms in total. The second-order valence-electron chi connectivity index (χ2n) is 7.25. The Bertz CT molecular complexity index is 675. The SMILES string of the molecule is CN(Cc1cc(C(C)(C)C)n[nH]1)C(=O)[C@H]1CCCN1S(C)(=O)=O. The van der Waals surface area contributed by atoms with E-state index in [2.05, 4.69) is 31.0 Å². The number of rotatable bonds is 4. The predicted octanol–water partition coefficient (Wildman–Crippen LogP) is 1.09. The Hall–Kier alpha value is -1.41. The molecule has 2 heterocycles. The zero-order valence-electron chi connectivity index (χ0n) is 14.5. The van der Waals surface area contributed by atoms with Gasteiger partial charge in [0.1, 0.15) is 6.04 Å². The second-order valence-corrected chi connectivity index (χ2v) is 9.19. The van der Waals surface area contributed by atoms with Crippen molar-refractivity contribution in [1.29, 1.82) is 0 Å². The summed E-state index contributed by atoms with van der Waals surface area (Å²) in [5, 5.41) is 7.24. The average Bonchev–Trinajstić information content (AvgIpc) is 3.04. The smallest absolute Gasteiger partial charge is 0.241 e. The van der Waals surface area contributed by atoms with E-state index in [1.54, 1.807) is 11.9 Å². The number of hydrogen-bond donors (Lipinski definition) is 1. The van der Waals surface area contributed by atoms with Crippen LogP contribution in [-0.2, 0) is 26.8 Å². The highest BCUT2D eigenvalue weighted by Gasteiger charge is 2.37. The van der Waals surface area contributed by atoms with Gasteiger partial charge in [0.2, 0.25) is 15.9 Å². The van der Waals surface area contributed by atoms with Crippen LogP contribution in [0.2, 0.25) is 0 Å². The molecule has 2 rings (SSSR count). The third-order valence-corrected chi connectivity index (χ3v) is 5.39. The standard InChI is InChI=1S/C15H26N4O3S/c1-15(2,3)13-9-11(16-17-13)10-18(4)14(20)12-7-6-8-19(12)23(5,21)22/h9,12H,6-8,10H2,1-5H3,(H,16,17)/t12-/m1/s1. The van der Waals surface area contributed by atoms with Gasteiger partial charge in [-0.3, -0.25) is 9.89 Å². The van der Waals surface area contributed by atoms with Crippen LogP contribution in [0.15, 0.2) is 6.07 Å². The molecule has 1 aliphatic heterocycles. The zero-order valence-corrected chi connectivity index (χ0v) is 15.3. The number of aromatic nitrogens is 2. The van der Waals surface area contributed by atoms with Crippen LogP contribution in [0.4, 0.5) is 0 Å². The molecule has 0 aromatic carbocycles. The highest BCUT2D eigenvalue weighted by atomic mass is 32.2. The van der Waals surface area contributed by atoms with Crippen molar-refractivity contribution >= 4 is 15.9 Å². The Morgan fingerprint density at radius 2 is 2.13 bits per heavy atom. The lowest BCUT2D eigenvalue weighted by Gasteiger charge is -2.26. The molecule has 1 aromatic rings. The fourth-order valence-corrected chi connectivity index (χ4v) is 3.92. The summed E-state index contributed by atoms with van der Waals surface area (Å²) in [4.78, 5) is 14.2. The zero-order chi connectivity index (χ0) is 17.4. The van der Waals surface area contributed by atoms with Crippen LogP contribution in [0, 0.1) is 0 Å². The molecule has 1 aromatic heterocycles. The first-order valence-corrected chi connectivity index (χ1v) is 9.61. The van der Waals surface area contributed by atoms with E-state index in [1.165, 1.54) is 4.31 Å². The molecule has 0 aliphatic carbocycles. The van der Waals surface area contributed by atoms with Crippen LogP contribution >= 0.6 is 0 Å². The predicted molar refractivity (Wildman–Crippen MR) is 88.3 cm³/mol. The van der Waals surface area contributed by atoms with Crippen LogP contribution in [-0.4, -0.2) is 59.6 Å². The maximum atomic E-state index is 12.6. The van der Waals surface area contributed by atoms with Gasteiger partial charge >= 0.3 is 0 Å². The van der Waals surface area contributed by atoms with Crippen molar-refractivity contribution in [2.45, 2.75) is 51.6 Å². The van der Waals surface area contributed by atoms with Crippen molar-refractivity contribution in [3.05, 3.63) is 17.5 Å². The number of carbonyl (C=O) groups is 1. The van der Waals surface area contributed by atoms with Crippen molar-refractivity contribution in [2.75, 3.05) is 19.8 Å². The minimum atomic E-state index is -3.35. The molecule has 0 radical (unpaired) electrons. The molecular weight excluding hydrogens is 316 g/mol. The number of hydrogen-bond acceptors (Lipinski definition) is 4. The summed E-state index contributed by atoms with van der Waals surface area (Å²) in [6, 6.07) is 1.37. The minimum Gasteiger partial charge on any atom is -0.338 e. The summed E-state index contributed by atoms with van der Waals surface area (Å²) in [5.41, 5.74) is 1.72. The van der Waals surface area contributed by atoms with Gasteiger partial charge in [0, 0.05) is 19.0 Å². The van der Waals surface area contributed by atoms with Gasteiger partial charge in [-0.2, -0.15) is 9.40 Å². The number of nitrogens with zero attached hydrogens (tertiary/aromatic N) is 3. The number of carbonyl (C=O) groups excluding carboxylic acids is 1. The molecule has 0 saturated carbocycles. The van der Waals surface area contributed by atoms with Gasteiger partial charge in [0.25, 0.3) is 0 Å². The molecule has 0 bridgehead atoms. The number of H-pyrrole nitrogens is 1. The molecule has 8 heteroatoms. The first-order valence-electron chi connectivity index (χ1n) is 7.76. The Morgan fingerprint density at radius 1 is 1.48 bits per heavy atom. The number of amides is 1. The molecule has 1 fully saturated rings. The van der Waals surface area contributed by atoms with Crippen LogP contribution in [0.1, 0.15) is 45.0 Å². The van der Waals surface area contributed by atoms with Crippen molar-refractivity contribution in [1.82, 2.24) is 19.4 Å². The van der Waals surface area contributed by atoms with Crippen LogP contribution in [0.25, 0.3) is 0 Å². The summed E-state index contributed by atoms with van der Waals surface area (Å²) in [6.45, 7) is 7.02. The van der Waals surface area contributed by atoms with Gasteiger partial charge in [0.15, 0.2) is 0 Å². The minimum absolute atomic E-state index is 0.0597. The second kappa shape index (κ2) is 6.24. The topological polar surface area (TPSA) is 86.4 Å². The molecule has 23 heavy (non-hydrogen) atoms. The van der Waals surface area contributed by atoms with Gasteiger partial charge in [-0.15, -0.1) is 0 Å². The summed E-state index contributed by atoms with van der Waals surface area (Å²) in [6.07, 6.45) is 2.45. The lowest BCUT2D eigenvalue weighted by atomic mass is 9.92. The van der Waals surface area contributed by atoms with E-state index in [4.69, 9.17) is 0 Å². The molecule has 1 N–H and O–H groups in total. The van der Waals surface area contributed by atoms with Gasteiger partial charge in [-0.1, -0.05) is 20.8 Å². The first kappa shape index (κ1) is 17.9. The van der Waals surface area contributed by atoms with Crippen molar-refractivity contribution in [3.8, 4) is 0 Å². The lowest BCUT2D eigenvalue weighted by Crippen LogP contribution is -2.45. The van der Waals surface area contributed by atoms with Gasteiger partial charge < -0.3 is 4.90 Å². The fraction of sp³-hybridized carbons (Fsp3) is 0.733. The van der Waals surface area contributed by atoms with Crippen LogP contribution < -0.4 is 0 Å². The molecule has 1 amide bonds. The highest BCUT2D eigenvalue weighted by molar-refractivity contribution is 7.88. The van der Waals surface area contributed by atoms with E-state index in [0.29, 0.717) is 19.5 Å². The molecule has 1 atom stereocenters. The first-order chi connectivity index (χ1) is 10.5. The Labute approximate surface area is 138 Å². The van der Waals surface area contributed by atoms with E-state index in [-0.39, 0.29) is 11.3 Å². The lowest BCUT2D eigenvalue weighted by molar-refractivity contribution is -0.133. The highest BCUT2D eigenvalue weighted by Crippen LogP contribution is 2.23. The largest absolute Gasteiger partial charge is 0.338 e. The van der Waals surface area contributed by atoms with E-state index in [9.17, 15) is 13.2 Å². The Morgan fingerprint density at radius 3 is 2.65 bits per heavy atom. The summed E-state index contributed by atoms with van der Waals surface area (Å²) >= 11 is 0. The normalized spacial score (nSPS) is 20.0. The molecular formula is C15H26N4O3S. The summed E-state index contributed by atoms with van der Waals surface area (Å²) in [7, 11) is -1.66. The summed E-state index contributed by atoms with van der Waals surface area (Å²) in [5.74, 6) is -0.167. The Balaban J connectivity index is 2.07. The molecule has 1 saturated heterocycles. The van der Waals surface area contributed by atoms with Crippen molar-refractivity contribution in [2.24, 2.45) is 0 Å². The molecule has 130 valence electrons. The quantitative estimate of drug-likeness (QED) is 0.887. The van der Waals surface area contributed by atoms with Crippen LogP contribution in [0.3, 0.4) is 0 Å². The fourth-order valence-electron chi connectivity index (χ4n) is 2.80.